The highest BCUT2D eigenvalue weighted by Crippen LogP contribution is 2.31. The molecule has 0 radical (unpaired) electrons. The van der Waals surface area contributed by atoms with E-state index in [0.717, 1.165) is 35.5 Å². The molecule has 1 saturated carbocycles. The average Bonchev–Trinajstić information content (AvgIpc) is 2.73. The van der Waals surface area contributed by atoms with Crippen LogP contribution in [0.5, 0.6) is 5.75 Å². The van der Waals surface area contributed by atoms with Crippen molar-refractivity contribution in [1.82, 2.24) is 0 Å². The van der Waals surface area contributed by atoms with Crippen LogP contribution in [0.3, 0.4) is 0 Å². The Labute approximate surface area is 103 Å². The van der Waals surface area contributed by atoms with Crippen molar-refractivity contribution in [1.29, 1.82) is 0 Å². The van der Waals surface area contributed by atoms with Gasteiger partial charge in [0.05, 0.1) is 18.5 Å². The Morgan fingerprint density at radius 1 is 1.41 bits per heavy atom. The number of hydrogen-bond acceptors (Lipinski definition) is 3. The van der Waals surface area contributed by atoms with Gasteiger partial charge in [0.25, 0.3) is 0 Å². The largest absolute Gasteiger partial charge is 0.497 e. The van der Waals surface area contributed by atoms with Crippen LogP contribution in [0.15, 0.2) is 18.2 Å². The Hall–Kier alpha value is -1.38. The predicted octanol–water partition coefficient (Wildman–Crippen LogP) is 3.13. The first-order chi connectivity index (χ1) is 8.19. The van der Waals surface area contributed by atoms with E-state index >= 15 is 0 Å². The van der Waals surface area contributed by atoms with Crippen molar-refractivity contribution in [3.05, 3.63) is 18.2 Å². The summed E-state index contributed by atoms with van der Waals surface area (Å²) in [7, 11) is 1.65. The Balaban J connectivity index is 1.90. The minimum absolute atomic E-state index is 0.760. The van der Waals surface area contributed by atoms with Gasteiger partial charge in [-0.1, -0.05) is 13.3 Å². The lowest BCUT2D eigenvalue weighted by molar-refractivity contribution is 0.415. The van der Waals surface area contributed by atoms with E-state index < -0.39 is 0 Å². The van der Waals surface area contributed by atoms with Gasteiger partial charge in [0, 0.05) is 12.6 Å². The number of nitrogens with one attached hydrogen (secondary N) is 1. The summed E-state index contributed by atoms with van der Waals surface area (Å²) >= 11 is 0. The molecule has 0 amide bonds. The molecule has 1 aliphatic carbocycles. The molecule has 0 aromatic heterocycles. The molecule has 0 saturated heterocycles. The van der Waals surface area contributed by atoms with Crippen LogP contribution in [0.2, 0.25) is 0 Å². The summed E-state index contributed by atoms with van der Waals surface area (Å²) in [5, 5.41) is 3.45. The Kier molecular flexibility index (Phi) is 3.77. The molecule has 0 spiro atoms. The van der Waals surface area contributed by atoms with Gasteiger partial charge in [-0.2, -0.15) is 0 Å². The van der Waals surface area contributed by atoms with Crippen molar-refractivity contribution >= 4 is 11.4 Å². The van der Waals surface area contributed by atoms with Crippen molar-refractivity contribution in [2.24, 2.45) is 11.8 Å². The molecule has 1 fully saturated rings. The number of hydrogen-bond donors (Lipinski definition) is 2. The van der Waals surface area contributed by atoms with Crippen molar-refractivity contribution in [2.45, 2.75) is 26.2 Å². The van der Waals surface area contributed by atoms with Gasteiger partial charge < -0.3 is 15.8 Å². The highest BCUT2D eigenvalue weighted by molar-refractivity contribution is 5.68. The summed E-state index contributed by atoms with van der Waals surface area (Å²) in [5.41, 5.74) is 7.74. The van der Waals surface area contributed by atoms with Crippen molar-refractivity contribution in [3.63, 3.8) is 0 Å². The van der Waals surface area contributed by atoms with Gasteiger partial charge in [0.15, 0.2) is 0 Å². The molecule has 1 aromatic carbocycles. The fourth-order valence-electron chi connectivity index (χ4n) is 2.59. The minimum atomic E-state index is 0.760. The number of benzene rings is 1. The topological polar surface area (TPSA) is 47.3 Å². The molecule has 2 unspecified atom stereocenters. The van der Waals surface area contributed by atoms with E-state index in [1.165, 1.54) is 19.3 Å². The number of nitrogen functional groups attached to an aromatic ring is 1. The second kappa shape index (κ2) is 5.30. The van der Waals surface area contributed by atoms with Crippen molar-refractivity contribution in [3.8, 4) is 5.75 Å². The van der Waals surface area contributed by atoms with E-state index in [1.54, 1.807) is 7.11 Å². The number of rotatable bonds is 4. The average molecular weight is 234 g/mol. The lowest BCUT2D eigenvalue weighted by atomic mass is 10.1. The van der Waals surface area contributed by atoms with E-state index in [4.69, 9.17) is 10.5 Å². The third-order valence-electron chi connectivity index (χ3n) is 3.64. The standard InChI is InChI=1S/C14H22N2O/c1-10-3-4-11(7-10)9-16-14-6-5-12(17-2)8-13(14)15/h5-6,8,10-11,16H,3-4,7,9,15H2,1-2H3. The molecule has 0 heterocycles. The molecular weight excluding hydrogens is 212 g/mol. The maximum atomic E-state index is 5.97. The molecule has 3 heteroatoms. The smallest absolute Gasteiger partial charge is 0.121 e. The van der Waals surface area contributed by atoms with Gasteiger partial charge in [-0.3, -0.25) is 0 Å². The van der Waals surface area contributed by atoms with Crippen LogP contribution in [0.1, 0.15) is 26.2 Å². The van der Waals surface area contributed by atoms with Gasteiger partial charge >= 0.3 is 0 Å². The third kappa shape index (κ3) is 3.05. The monoisotopic (exact) mass is 234 g/mol. The van der Waals surface area contributed by atoms with E-state index in [9.17, 15) is 0 Å². The molecule has 1 aromatic rings. The van der Waals surface area contributed by atoms with Gasteiger partial charge in [-0.25, -0.2) is 0 Å². The number of anilines is 2. The van der Waals surface area contributed by atoms with Gasteiger partial charge in [0.2, 0.25) is 0 Å². The summed E-state index contributed by atoms with van der Waals surface area (Å²) in [6, 6.07) is 5.79. The zero-order valence-electron chi connectivity index (χ0n) is 10.7. The third-order valence-corrected chi connectivity index (χ3v) is 3.64. The Morgan fingerprint density at radius 3 is 2.82 bits per heavy atom. The van der Waals surface area contributed by atoms with E-state index in [2.05, 4.69) is 12.2 Å². The summed E-state index contributed by atoms with van der Waals surface area (Å²) in [4.78, 5) is 0. The fraction of sp³-hybridized carbons (Fsp3) is 0.571. The molecule has 2 atom stereocenters. The van der Waals surface area contributed by atoms with Crippen LogP contribution in [-0.2, 0) is 0 Å². The summed E-state index contributed by atoms with van der Waals surface area (Å²) < 4.78 is 5.13. The molecule has 17 heavy (non-hydrogen) atoms. The molecule has 1 aliphatic rings. The van der Waals surface area contributed by atoms with E-state index in [-0.39, 0.29) is 0 Å². The SMILES string of the molecule is COc1ccc(NCC2CCC(C)C2)c(N)c1. The van der Waals surface area contributed by atoms with Crippen molar-refractivity contribution < 1.29 is 4.74 Å². The van der Waals surface area contributed by atoms with Crippen LogP contribution < -0.4 is 15.8 Å². The predicted molar refractivity (Wildman–Crippen MR) is 72.4 cm³/mol. The fourth-order valence-corrected chi connectivity index (χ4v) is 2.59. The molecule has 2 rings (SSSR count). The second-order valence-electron chi connectivity index (χ2n) is 5.12. The lowest BCUT2D eigenvalue weighted by Gasteiger charge is -2.14. The lowest BCUT2D eigenvalue weighted by Crippen LogP contribution is -2.12. The Morgan fingerprint density at radius 2 is 2.24 bits per heavy atom. The van der Waals surface area contributed by atoms with Gasteiger partial charge in [0.1, 0.15) is 5.75 Å². The van der Waals surface area contributed by atoms with Crippen molar-refractivity contribution in [2.75, 3.05) is 24.7 Å². The van der Waals surface area contributed by atoms with E-state index in [0.29, 0.717) is 0 Å². The zero-order chi connectivity index (χ0) is 12.3. The number of nitrogens with two attached hydrogens (primary N) is 1. The van der Waals surface area contributed by atoms with Crippen LogP contribution in [0.4, 0.5) is 11.4 Å². The molecule has 94 valence electrons. The highest BCUT2D eigenvalue weighted by atomic mass is 16.5. The minimum Gasteiger partial charge on any atom is -0.497 e. The first-order valence-electron chi connectivity index (χ1n) is 6.36. The highest BCUT2D eigenvalue weighted by Gasteiger charge is 2.20. The maximum absolute atomic E-state index is 5.97. The molecule has 0 bridgehead atoms. The Bertz CT molecular complexity index is 378. The van der Waals surface area contributed by atoms with Crippen LogP contribution in [-0.4, -0.2) is 13.7 Å². The van der Waals surface area contributed by atoms with Gasteiger partial charge in [-0.05, 0) is 36.8 Å². The van der Waals surface area contributed by atoms with Crippen LogP contribution in [0, 0.1) is 11.8 Å². The zero-order valence-corrected chi connectivity index (χ0v) is 10.7. The first kappa shape index (κ1) is 12.1. The van der Waals surface area contributed by atoms with E-state index in [1.807, 2.05) is 18.2 Å². The second-order valence-corrected chi connectivity index (χ2v) is 5.12. The number of ether oxygens (including phenoxy) is 1. The molecular formula is C14H22N2O. The van der Waals surface area contributed by atoms with Crippen LogP contribution in [0.25, 0.3) is 0 Å². The van der Waals surface area contributed by atoms with Crippen LogP contribution >= 0.6 is 0 Å². The summed E-state index contributed by atoms with van der Waals surface area (Å²) in [6.07, 6.45) is 4.04. The summed E-state index contributed by atoms with van der Waals surface area (Å²) in [5.74, 6) is 2.49. The normalized spacial score (nSPS) is 23.6. The quantitative estimate of drug-likeness (QED) is 0.787. The molecule has 3 N–H and O–H groups in total. The molecule has 3 nitrogen and oxygen atoms in total. The summed E-state index contributed by atoms with van der Waals surface area (Å²) in [6.45, 7) is 3.36. The van der Waals surface area contributed by atoms with Gasteiger partial charge in [-0.15, -0.1) is 0 Å². The number of methoxy groups -OCH3 is 1. The maximum Gasteiger partial charge on any atom is 0.121 e. The first-order valence-corrected chi connectivity index (χ1v) is 6.36. The molecule has 0 aliphatic heterocycles.